The summed E-state index contributed by atoms with van der Waals surface area (Å²) in [5.41, 5.74) is -0.806. The van der Waals surface area contributed by atoms with Gasteiger partial charge in [0.05, 0.1) is 58.5 Å². The molecule has 2 aromatic rings. The van der Waals surface area contributed by atoms with Crippen LogP contribution in [0.25, 0.3) is 0 Å². The average molecular weight is 964 g/mol. The van der Waals surface area contributed by atoms with Gasteiger partial charge < -0.3 is 28.1 Å². The van der Waals surface area contributed by atoms with Gasteiger partial charge in [-0.25, -0.2) is 36.0 Å². The van der Waals surface area contributed by atoms with Crippen molar-refractivity contribution in [3.8, 4) is 0 Å². The van der Waals surface area contributed by atoms with Gasteiger partial charge in [-0.1, -0.05) is 81.1 Å². The van der Waals surface area contributed by atoms with Gasteiger partial charge in [0.15, 0.2) is 0 Å². The minimum absolute atomic E-state index is 0. The Morgan fingerprint density at radius 1 is 0.474 bits per heavy atom. The molecule has 0 aliphatic carbocycles. The van der Waals surface area contributed by atoms with Crippen LogP contribution in [0.3, 0.4) is 0 Å². The Kier molecular flexibility index (Phi) is 26.4. The molecule has 0 saturated carbocycles. The number of carbonyl (C=O) groups is 4. The SMILES string of the molecule is CCC(C)CCOC(=O)c1ccc(S(=O)(=O)[O-])cc1C(=O)OCCC(C)CC.CCC(C)CCOC(=O)c1ccc(S(=O)(=O)[O-])cc1C(=O)OCCC(C)CC.[Ba+2]. The van der Waals surface area contributed by atoms with Gasteiger partial charge in [-0.3, -0.25) is 0 Å². The largest absolute Gasteiger partial charge is 2.00 e. The summed E-state index contributed by atoms with van der Waals surface area (Å²) in [5.74, 6) is -1.77. The molecular weight excluding hydrogens is 906 g/mol. The molecule has 0 aliphatic heterocycles. The third kappa shape index (κ3) is 20.5. The van der Waals surface area contributed by atoms with Gasteiger partial charge in [0.25, 0.3) is 0 Å². The molecule has 0 spiro atoms. The van der Waals surface area contributed by atoms with Gasteiger partial charge in [0, 0.05) is 0 Å². The van der Waals surface area contributed by atoms with Gasteiger partial charge in [-0.05, 0) is 85.8 Å². The van der Waals surface area contributed by atoms with Crippen LogP contribution in [0.1, 0.15) is 148 Å². The van der Waals surface area contributed by atoms with Crippen LogP contribution in [-0.4, -0.2) is 125 Å². The zero-order valence-corrected chi connectivity index (χ0v) is 40.6. The second-order valence-corrected chi connectivity index (χ2v) is 16.8. The first kappa shape index (κ1) is 54.7. The first-order chi connectivity index (χ1) is 26.2. The normalized spacial score (nSPS) is 13.4. The van der Waals surface area contributed by atoms with E-state index in [1.165, 1.54) is 0 Å². The van der Waals surface area contributed by atoms with Crippen LogP contribution in [0.2, 0.25) is 0 Å². The molecule has 17 heteroatoms. The van der Waals surface area contributed by atoms with E-state index in [0.29, 0.717) is 49.4 Å². The molecule has 14 nitrogen and oxygen atoms in total. The van der Waals surface area contributed by atoms with Gasteiger partial charge >= 0.3 is 72.8 Å². The molecule has 4 atom stereocenters. The summed E-state index contributed by atoms with van der Waals surface area (Å²) in [7, 11) is -9.56. The van der Waals surface area contributed by atoms with E-state index < -0.39 is 53.9 Å². The maximum atomic E-state index is 12.4. The molecule has 0 heterocycles. The predicted molar refractivity (Wildman–Crippen MR) is 212 cm³/mol. The third-order valence-corrected chi connectivity index (χ3v) is 11.3. The molecule has 2 rings (SSSR count). The molecule has 4 unspecified atom stereocenters. The van der Waals surface area contributed by atoms with Crippen molar-refractivity contribution in [2.75, 3.05) is 26.4 Å². The molecule has 57 heavy (non-hydrogen) atoms. The minimum atomic E-state index is -4.78. The maximum absolute atomic E-state index is 12.4. The zero-order chi connectivity index (χ0) is 42.6. The fourth-order valence-electron chi connectivity index (χ4n) is 4.59. The van der Waals surface area contributed by atoms with Crippen molar-refractivity contribution in [2.24, 2.45) is 23.7 Å². The fraction of sp³-hybridized carbons (Fsp3) is 0.600. The standard InChI is InChI=1S/2C20H30O7S.Ba/c2*1-5-14(3)9-11-26-19(21)17-8-7-16(28(23,24)25)13-18(17)20(22)27-12-10-15(4)6-2;/h2*7-8,13-15H,5-6,9-12H2,1-4H3,(H,23,24,25);/q;;+2/p-2. The van der Waals surface area contributed by atoms with Crippen molar-refractivity contribution in [3.63, 3.8) is 0 Å². The van der Waals surface area contributed by atoms with E-state index in [2.05, 4.69) is 0 Å². The van der Waals surface area contributed by atoms with Crippen LogP contribution in [0, 0.1) is 23.7 Å². The summed E-state index contributed by atoms with van der Waals surface area (Å²) >= 11 is 0. The van der Waals surface area contributed by atoms with Crippen molar-refractivity contribution in [1.29, 1.82) is 0 Å². The molecule has 0 aliphatic rings. The van der Waals surface area contributed by atoms with Crippen LogP contribution in [0.15, 0.2) is 46.2 Å². The van der Waals surface area contributed by atoms with Crippen LogP contribution < -0.4 is 0 Å². The van der Waals surface area contributed by atoms with Crippen LogP contribution in [-0.2, 0) is 39.2 Å². The van der Waals surface area contributed by atoms with Gasteiger partial charge in [0.2, 0.25) is 0 Å². The van der Waals surface area contributed by atoms with E-state index in [4.69, 9.17) is 18.9 Å². The molecule has 0 fully saturated rings. The Labute approximate surface area is 379 Å². The predicted octanol–water partition coefficient (Wildman–Crippen LogP) is 7.17. The molecule has 0 radical (unpaired) electrons. The van der Waals surface area contributed by atoms with Crippen molar-refractivity contribution < 1.29 is 64.1 Å². The molecule has 0 amide bonds. The molecule has 316 valence electrons. The van der Waals surface area contributed by atoms with Crippen LogP contribution in [0.5, 0.6) is 0 Å². The number of carbonyl (C=O) groups excluding carboxylic acids is 4. The number of hydrogen-bond donors (Lipinski definition) is 0. The average Bonchev–Trinajstić information content (AvgIpc) is 3.16. The van der Waals surface area contributed by atoms with Crippen molar-refractivity contribution in [3.05, 3.63) is 58.7 Å². The fourth-order valence-corrected chi connectivity index (χ4v) is 5.58. The third-order valence-electron chi connectivity index (χ3n) is 9.60. The number of ether oxygens (including phenoxy) is 4. The Morgan fingerprint density at radius 2 is 0.702 bits per heavy atom. The molecule has 0 saturated heterocycles. The number of hydrogen-bond acceptors (Lipinski definition) is 14. The summed E-state index contributed by atoms with van der Waals surface area (Å²) in [5, 5.41) is 0. The van der Waals surface area contributed by atoms with E-state index in [1.807, 2.05) is 55.4 Å². The number of rotatable bonds is 22. The Morgan fingerprint density at radius 3 is 0.912 bits per heavy atom. The van der Waals surface area contributed by atoms with E-state index in [9.17, 15) is 45.1 Å². The van der Waals surface area contributed by atoms with Crippen molar-refractivity contribution in [2.45, 2.75) is 117 Å². The summed E-state index contributed by atoms with van der Waals surface area (Å²) in [6.07, 6.45) is 6.36. The summed E-state index contributed by atoms with van der Waals surface area (Å²) in [6.45, 7) is 16.8. The van der Waals surface area contributed by atoms with E-state index in [0.717, 1.165) is 62.1 Å². The molecule has 0 N–H and O–H groups in total. The van der Waals surface area contributed by atoms with E-state index in [-0.39, 0.29) is 97.6 Å². The first-order valence-corrected chi connectivity index (χ1v) is 21.9. The zero-order valence-electron chi connectivity index (χ0n) is 34.5. The Hall–Kier alpha value is -2.29. The Bertz CT molecular complexity index is 1680. The number of esters is 4. The molecule has 0 aromatic heterocycles. The first-order valence-electron chi connectivity index (χ1n) is 19.1. The second kappa shape index (κ2) is 27.5. The van der Waals surface area contributed by atoms with Gasteiger partial charge in [-0.15, -0.1) is 0 Å². The second-order valence-electron chi connectivity index (χ2n) is 14.1. The van der Waals surface area contributed by atoms with Gasteiger partial charge in [0.1, 0.15) is 20.2 Å². The monoisotopic (exact) mass is 964 g/mol. The van der Waals surface area contributed by atoms with Crippen LogP contribution in [0.4, 0.5) is 0 Å². The van der Waals surface area contributed by atoms with E-state index >= 15 is 0 Å². The van der Waals surface area contributed by atoms with E-state index in [1.54, 1.807) is 0 Å². The topological polar surface area (TPSA) is 220 Å². The smallest absolute Gasteiger partial charge is 0.744 e. The Balaban J connectivity index is 0.00000108. The summed E-state index contributed by atoms with van der Waals surface area (Å²) in [6, 6.07) is 5.95. The molecular formula is C40H58BaO14S2. The minimum Gasteiger partial charge on any atom is -0.744 e. The maximum Gasteiger partial charge on any atom is 2.00 e. The number of benzene rings is 2. The summed E-state index contributed by atoms with van der Waals surface area (Å²) in [4.78, 5) is 48.4. The van der Waals surface area contributed by atoms with Gasteiger partial charge in [-0.2, -0.15) is 0 Å². The molecule has 0 bridgehead atoms. The summed E-state index contributed by atoms with van der Waals surface area (Å²) < 4.78 is 88.5. The quantitative estimate of drug-likeness (QED) is 0.0494. The van der Waals surface area contributed by atoms with Crippen molar-refractivity contribution >= 4 is 93.0 Å². The molecule has 2 aromatic carbocycles. The van der Waals surface area contributed by atoms with Crippen LogP contribution >= 0.6 is 0 Å². The van der Waals surface area contributed by atoms with Crippen molar-refractivity contribution in [1.82, 2.24) is 0 Å².